The molecule has 0 aliphatic carbocycles. The van der Waals surface area contributed by atoms with Crippen LogP contribution in [-0.4, -0.2) is 5.97 Å². The molecule has 0 aliphatic heterocycles. The van der Waals surface area contributed by atoms with Crippen LogP contribution in [0.4, 0.5) is 0 Å². The van der Waals surface area contributed by atoms with Gasteiger partial charge in [0.05, 0.1) is 5.56 Å². The predicted molar refractivity (Wildman–Crippen MR) is 82.1 cm³/mol. The van der Waals surface area contributed by atoms with Crippen LogP contribution in [0.3, 0.4) is 0 Å². The third-order valence-electron chi connectivity index (χ3n) is 2.73. The van der Waals surface area contributed by atoms with Crippen LogP contribution in [-0.2, 0) is 11.3 Å². The number of hydrogen-bond acceptors (Lipinski definition) is 2. The van der Waals surface area contributed by atoms with Gasteiger partial charge in [0.2, 0.25) is 0 Å². The fraction of sp³-hybridized carbons (Fsp3) is 0.133. The summed E-state index contributed by atoms with van der Waals surface area (Å²) in [5, 5.41) is 0. The van der Waals surface area contributed by atoms with Gasteiger partial charge in [-0.1, -0.05) is 62.2 Å². The van der Waals surface area contributed by atoms with E-state index in [1.165, 1.54) is 0 Å². The van der Waals surface area contributed by atoms with E-state index in [2.05, 4.69) is 31.9 Å². The summed E-state index contributed by atoms with van der Waals surface area (Å²) in [5.74, 6) is -0.328. The van der Waals surface area contributed by atoms with Gasteiger partial charge in [0.25, 0.3) is 0 Å². The van der Waals surface area contributed by atoms with Crippen LogP contribution in [0.25, 0.3) is 0 Å². The van der Waals surface area contributed by atoms with Gasteiger partial charge in [0.15, 0.2) is 0 Å². The van der Waals surface area contributed by atoms with Crippen LogP contribution in [0.5, 0.6) is 0 Å². The Kier molecular flexibility index (Phi) is 4.77. The van der Waals surface area contributed by atoms with Crippen LogP contribution < -0.4 is 0 Å². The van der Waals surface area contributed by atoms with E-state index in [0.717, 1.165) is 20.1 Å². The Bertz CT molecular complexity index is 571. The third kappa shape index (κ3) is 3.67. The number of ether oxygens (including phenoxy) is 1. The summed E-state index contributed by atoms with van der Waals surface area (Å²) in [6.45, 7) is 2.25. The van der Waals surface area contributed by atoms with E-state index < -0.39 is 0 Å². The average molecular weight is 384 g/mol. The molecule has 0 atom stereocenters. The summed E-state index contributed by atoms with van der Waals surface area (Å²) < 4.78 is 7.05. The van der Waals surface area contributed by atoms with Crippen molar-refractivity contribution in [1.29, 1.82) is 0 Å². The SMILES string of the molecule is Cc1c(Br)cc(C(=O)OCc2ccccc2)cc1Br. The second kappa shape index (κ2) is 6.35. The molecule has 0 unspecified atom stereocenters. The van der Waals surface area contributed by atoms with Gasteiger partial charge < -0.3 is 4.74 Å². The molecule has 2 aromatic carbocycles. The molecule has 0 radical (unpaired) electrons. The zero-order valence-electron chi connectivity index (χ0n) is 10.3. The van der Waals surface area contributed by atoms with E-state index in [1.54, 1.807) is 12.1 Å². The first-order valence-corrected chi connectivity index (χ1v) is 7.33. The largest absolute Gasteiger partial charge is 0.457 e. The smallest absolute Gasteiger partial charge is 0.338 e. The van der Waals surface area contributed by atoms with Gasteiger partial charge in [0, 0.05) is 8.95 Å². The highest BCUT2D eigenvalue weighted by Gasteiger charge is 2.11. The monoisotopic (exact) mass is 382 g/mol. The Hall–Kier alpha value is -1.13. The third-order valence-corrected chi connectivity index (χ3v) is 4.38. The van der Waals surface area contributed by atoms with Crippen molar-refractivity contribution in [3.8, 4) is 0 Å². The molecule has 0 amide bonds. The van der Waals surface area contributed by atoms with E-state index >= 15 is 0 Å². The van der Waals surface area contributed by atoms with E-state index in [0.29, 0.717) is 5.56 Å². The normalized spacial score (nSPS) is 10.3. The molecule has 19 heavy (non-hydrogen) atoms. The maximum atomic E-state index is 12.0. The van der Waals surface area contributed by atoms with Crippen LogP contribution >= 0.6 is 31.9 Å². The van der Waals surface area contributed by atoms with Crippen molar-refractivity contribution in [2.24, 2.45) is 0 Å². The Balaban J connectivity index is 2.08. The number of hydrogen-bond donors (Lipinski definition) is 0. The highest BCUT2D eigenvalue weighted by molar-refractivity contribution is 9.11. The first kappa shape index (κ1) is 14.3. The minimum absolute atomic E-state index is 0.281. The molecule has 0 saturated heterocycles. The van der Waals surface area contributed by atoms with Gasteiger partial charge in [-0.05, 0) is 30.2 Å². The molecule has 0 aromatic heterocycles. The fourth-order valence-corrected chi connectivity index (χ4v) is 2.76. The van der Waals surface area contributed by atoms with Gasteiger partial charge in [0.1, 0.15) is 6.61 Å². The molecule has 2 rings (SSSR count). The molecule has 0 fully saturated rings. The first-order chi connectivity index (χ1) is 9.08. The van der Waals surface area contributed by atoms with Crippen molar-refractivity contribution in [3.63, 3.8) is 0 Å². The van der Waals surface area contributed by atoms with Crippen LogP contribution in [0.2, 0.25) is 0 Å². The second-order valence-electron chi connectivity index (χ2n) is 4.13. The molecule has 4 heteroatoms. The molecule has 0 aliphatic rings. The van der Waals surface area contributed by atoms with E-state index in [9.17, 15) is 4.79 Å². The minimum Gasteiger partial charge on any atom is -0.457 e. The minimum atomic E-state index is -0.328. The zero-order chi connectivity index (χ0) is 13.8. The number of carbonyl (C=O) groups is 1. The molecular weight excluding hydrogens is 372 g/mol. The zero-order valence-corrected chi connectivity index (χ0v) is 13.5. The van der Waals surface area contributed by atoms with Gasteiger partial charge in [-0.25, -0.2) is 4.79 Å². The maximum Gasteiger partial charge on any atom is 0.338 e. The number of esters is 1. The fourth-order valence-electron chi connectivity index (χ4n) is 1.57. The van der Waals surface area contributed by atoms with Gasteiger partial charge >= 0.3 is 5.97 Å². The lowest BCUT2D eigenvalue weighted by Crippen LogP contribution is -2.05. The number of carbonyl (C=O) groups excluding carboxylic acids is 1. The van der Waals surface area contributed by atoms with Gasteiger partial charge in [-0.2, -0.15) is 0 Å². The lowest BCUT2D eigenvalue weighted by molar-refractivity contribution is 0.0472. The van der Waals surface area contributed by atoms with Gasteiger partial charge in [-0.3, -0.25) is 0 Å². The van der Waals surface area contributed by atoms with E-state index in [1.807, 2.05) is 37.3 Å². The van der Waals surface area contributed by atoms with Crippen molar-refractivity contribution in [2.45, 2.75) is 13.5 Å². The average Bonchev–Trinajstić information content (AvgIpc) is 2.42. The highest BCUT2D eigenvalue weighted by Crippen LogP contribution is 2.26. The van der Waals surface area contributed by atoms with E-state index in [4.69, 9.17) is 4.74 Å². The summed E-state index contributed by atoms with van der Waals surface area (Å²) in [5.41, 5.74) is 2.56. The summed E-state index contributed by atoms with van der Waals surface area (Å²) in [7, 11) is 0. The molecule has 0 heterocycles. The van der Waals surface area contributed by atoms with Crippen molar-refractivity contribution in [3.05, 3.63) is 68.1 Å². The second-order valence-corrected chi connectivity index (χ2v) is 5.84. The molecular formula is C15H12Br2O2. The first-order valence-electron chi connectivity index (χ1n) is 5.74. The van der Waals surface area contributed by atoms with Gasteiger partial charge in [-0.15, -0.1) is 0 Å². The van der Waals surface area contributed by atoms with Crippen LogP contribution in [0.15, 0.2) is 51.4 Å². The van der Waals surface area contributed by atoms with Crippen LogP contribution in [0.1, 0.15) is 21.5 Å². The number of rotatable bonds is 3. The Morgan fingerprint density at radius 2 is 1.68 bits per heavy atom. The Labute approximate surface area is 129 Å². The lowest BCUT2D eigenvalue weighted by atomic mass is 10.1. The molecule has 2 nitrogen and oxygen atoms in total. The summed E-state index contributed by atoms with van der Waals surface area (Å²) in [6.07, 6.45) is 0. The molecule has 0 saturated carbocycles. The van der Waals surface area contributed by atoms with Crippen molar-refractivity contribution in [1.82, 2.24) is 0 Å². The predicted octanol–water partition coefficient (Wildman–Crippen LogP) is 4.88. The van der Waals surface area contributed by atoms with Crippen molar-refractivity contribution < 1.29 is 9.53 Å². The summed E-state index contributed by atoms with van der Waals surface area (Å²) in [6, 6.07) is 13.2. The number of benzene rings is 2. The highest BCUT2D eigenvalue weighted by atomic mass is 79.9. The molecule has 0 bridgehead atoms. The van der Waals surface area contributed by atoms with Crippen molar-refractivity contribution >= 4 is 37.8 Å². The summed E-state index contributed by atoms with van der Waals surface area (Å²) >= 11 is 6.85. The molecule has 98 valence electrons. The summed E-state index contributed by atoms with van der Waals surface area (Å²) in [4.78, 5) is 12.0. The topological polar surface area (TPSA) is 26.3 Å². The quantitative estimate of drug-likeness (QED) is 0.706. The Morgan fingerprint density at radius 1 is 1.11 bits per heavy atom. The molecule has 0 N–H and O–H groups in total. The molecule has 2 aromatic rings. The standard InChI is InChI=1S/C15H12Br2O2/c1-10-13(16)7-12(8-14(10)17)15(18)19-9-11-5-3-2-4-6-11/h2-8H,9H2,1H3. The Morgan fingerprint density at radius 3 is 2.26 bits per heavy atom. The van der Waals surface area contributed by atoms with Crippen LogP contribution in [0, 0.1) is 6.92 Å². The number of halogens is 2. The maximum absolute atomic E-state index is 12.0. The van der Waals surface area contributed by atoms with E-state index in [-0.39, 0.29) is 12.6 Å². The van der Waals surface area contributed by atoms with Crippen molar-refractivity contribution in [2.75, 3.05) is 0 Å². The lowest BCUT2D eigenvalue weighted by Gasteiger charge is -2.08. The molecule has 0 spiro atoms.